The zero-order valence-corrected chi connectivity index (χ0v) is 15.0. The molecule has 0 atom stereocenters. The second-order valence-electron chi connectivity index (χ2n) is 5.99. The van der Waals surface area contributed by atoms with E-state index >= 15 is 0 Å². The topological polar surface area (TPSA) is 59.8 Å². The van der Waals surface area contributed by atoms with E-state index < -0.39 is 5.97 Å². The molecular weight excluding hydrogens is 318 g/mol. The molecule has 1 aromatic carbocycles. The Morgan fingerprint density at radius 3 is 2.52 bits per heavy atom. The van der Waals surface area contributed by atoms with Gasteiger partial charge in [0, 0.05) is 18.7 Å². The van der Waals surface area contributed by atoms with Crippen molar-refractivity contribution in [3.8, 4) is 0 Å². The molecular formula is C20H23NO4. The molecule has 1 heterocycles. The molecule has 0 saturated carbocycles. The van der Waals surface area contributed by atoms with Gasteiger partial charge >= 0.3 is 5.97 Å². The van der Waals surface area contributed by atoms with Gasteiger partial charge in [0.15, 0.2) is 0 Å². The molecule has 0 aliphatic carbocycles. The lowest BCUT2D eigenvalue weighted by Crippen LogP contribution is -2.35. The summed E-state index contributed by atoms with van der Waals surface area (Å²) in [4.78, 5) is 25.9. The van der Waals surface area contributed by atoms with E-state index in [1.165, 1.54) is 13.2 Å². The van der Waals surface area contributed by atoms with Crippen molar-refractivity contribution in [3.05, 3.63) is 65.1 Å². The predicted octanol–water partition coefficient (Wildman–Crippen LogP) is 3.83. The molecule has 1 aromatic heterocycles. The Kier molecular flexibility index (Phi) is 6.17. The van der Waals surface area contributed by atoms with Crippen LogP contribution in [-0.2, 0) is 16.1 Å². The number of nitrogens with zero attached hydrogens (tertiary/aromatic N) is 1. The Bertz CT molecular complexity index is 759. The lowest BCUT2D eigenvalue weighted by atomic mass is 10.2. The van der Waals surface area contributed by atoms with E-state index in [4.69, 9.17) is 9.15 Å². The number of carbonyl (C=O) groups is 2. The van der Waals surface area contributed by atoms with Crippen LogP contribution < -0.4 is 0 Å². The van der Waals surface area contributed by atoms with Gasteiger partial charge in [-0.05, 0) is 38.5 Å². The number of methoxy groups -OCH3 is 1. The number of benzene rings is 1. The van der Waals surface area contributed by atoms with Gasteiger partial charge < -0.3 is 14.1 Å². The lowest BCUT2D eigenvalue weighted by Gasteiger charge is -2.25. The fourth-order valence-electron chi connectivity index (χ4n) is 2.44. The molecule has 0 saturated heterocycles. The number of aryl methyl sites for hydroxylation is 1. The summed E-state index contributed by atoms with van der Waals surface area (Å²) < 4.78 is 10.2. The minimum absolute atomic E-state index is 0.0568. The Morgan fingerprint density at radius 2 is 1.92 bits per heavy atom. The van der Waals surface area contributed by atoms with Crippen LogP contribution in [0.2, 0.25) is 0 Å². The SMILES string of the molecule is COC(=O)c1cc(/C=C/C(=O)N(Cc2ccccc2)C(C)C)oc1C. The van der Waals surface area contributed by atoms with E-state index in [0.717, 1.165) is 5.56 Å². The van der Waals surface area contributed by atoms with Crippen molar-refractivity contribution in [3.63, 3.8) is 0 Å². The molecule has 2 rings (SSSR count). The lowest BCUT2D eigenvalue weighted by molar-refractivity contribution is -0.128. The molecule has 0 radical (unpaired) electrons. The van der Waals surface area contributed by atoms with Crippen molar-refractivity contribution in [2.45, 2.75) is 33.4 Å². The molecule has 0 bridgehead atoms. The van der Waals surface area contributed by atoms with Crippen LogP contribution >= 0.6 is 0 Å². The molecule has 5 nitrogen and oxygen atoms in total. The average molecular weight is 341 g/mol. The normalized spacial score (nSPS) is 11.1. The van der Waals surface area contributed by atoms with E-state index in [-0.39, 0.29) is 11.9 Å². The number of ether oxygens (including phenoxy) is 1. The number of hydrogen-bond acceptors (Lipinski definition) is 4. The van der Waals surface area contributed by atoms with Crippen LogP contribution in [0.3, 0.4) is 0 Å². The third-order valence-corrected chi connectivity index (χ3v) is 3.83. The summed E-state index contributed by atoms with van der Waals surface area (Å²) in [6, 6.07) is 11.5. The molecule has 0 aliphatic rings. The van der Waals surface area contributed by atoms with Crippen LogP contribution in [0.4, 0.5) is 0 Å². The van der Waals surface area contributed by atoms with Gasteiger partial charge in [0.05, 0.1) is 7.11 Å². The molecule has 0 aliphatic heterocycles. The first-order valence-corrected chi connectivity index (χ1v) is 8.13. The fourth-order valence-corrected chi connectivity index (χ4v) is 2.44. The second-order valence-corrected chi connectivity index (χ2v) is 5.99. The van der Waals surface area contributed by atoms with Crippen LogP contribution in [0.5, 0.6) is 0 Å². The van der Waals surface area contributed by atoms with Crippen LogP contribution in [0.1, 0.15) is 41.3 Å². The Balaban J connectivity index is 2.12. The third-order valence-electron chi connectivity index (χ3n) is 3.83. The van der Waals surface area contributed by atoms with E-state index in [1.54, 1.807) is 24.0 Å². The van der Waals surface area contributed by atoms with Gasteiger partial charge in [-0.1, -0.05) is 30.3 Å². The summed E-state index contributed by atoms with van der Waals surface area (Å²) in [6.07, 6.45) is 3.03. The van der Waals surface area contributed by atoms with Crippen molar-refractivity contribution >= 4 is 18.0 Å². The Morgan fingerprint density at radius 1 is 1.24 bits per heavy atom. The molecule has 0 N–H and O–H groups in total. The maximum atomic E-state index is 12.5. The smallest absolute Gasteiger partial charge is 0.341 e. The fraction of sp³-hybridized carbons (Fsp3) is 0.300. The number of esters is 1. The number of furan rings is 1. The van der Waals surface area contributed by atoms with Gasteiger partial charge in [-0.25, -0.2) is 4.79 Å². The quantitative estimate of drug-likeness (QED) is 0.592. The summed E-state index contributed by atoms with van der Waals surface area (Å²) in [6.45, 7) is 6.16. The van der Waals surface area contributed by atoms with Gasteiger partial charge in [-0.15, -0.1) is 0 Å². The Hall–Kier alpha value is -2.82. The molecule has 2 aromatic rings. The highest BCUT2D eigenvalue weighted by atomic mass is 16.5. The van der Waals surface area contributed by atoms with Crippen molar-refractivity contribution in [2.75, 3.05) is 7.11 Å². The first-order valence-electron chi connectivity index (χ1n) is 8.13. The molecule has 132 valence electrons. The maximum absolute atomic E-state index is 12.5. The third kappa shape index (κ3) is 4.83. The van der Waals surface area contributed by atoms with E-state index in [0.29, 0.717) is 23.6 Å². The maximum Gasteiger partial charge on any atom is 0.341 e. The van der Waals surface area contributed by atoms with Crippen LogP contribution in [-0.4, -0.2) is 29.9 Å². The number of rotatable bonds is 6. The zero-order chi connectivity index (χ0) is 18.4. The predicted molar refractivity (Wildman–Crippen MR) is 95.9 cm³/mol. The van der Waals surface area contributed by atoms with Gasteiger partial charge in [0.25, 0.3) is 0 Å². The van der Waals surface area contributed by atoms with Gasteiger partial charge in [0.2, 0.25) is 5.91 Å². The average Bonchev–Trinajstić information content (AvgIpc) is 2.98. The van der Waals surface area contributed by atoms with Gasteiger partial charge in [-0.2, -0.15) is 0 Å². The van der Waals surface area contributed by atoms with Crippen molar-refractivity contribution in [1.82, 2.24) is 4.90 Å². The van der Waals surface area contributed by atoms with Crippen molar-refractivity contribution < 1.29 is 18.7 Å². The largest absolute Gasteiger partial charge is 0.465 e. The summed E-state index contributed by atoms with van der Waals surface area (Å²) in [5, 5.41) is 0. The minimum atomic E-state index is -0.458. The molecule has 5 heteroatoms. The van der Waals surface area contributed by atoms with Gasteiger partial charge in [-0.3, -0.25) is 4.79 Å². The highest BCUT2D eigenvalue weighted by molar-refractivity contribution is 5.93. The van der Waals surface area contributed by atoms with Gasteiger partial charge in [0.1, 0.15) is 17.1 Å². The van der Waals surface area contributed by atoms with E-state index in [2.05, 4.69) is 0 Å². The summed E-state index contributed by atoms with van der Waals surface area (Å²) in [7, 11) is 1.32. The number of amides is 1. The minimum Gasteiger partial charge on any atom is -0.465 e. The standard InChI is InChI=1S/C20H23NO4/c1-14(2)21(13-16-8-6-5-7-9-16)19(22)11-10-17-12-18(15(3)25-17)20(23)24-4/h5-12,14H,13H2,1-4H3/b11-10+. The summed E-state index contributed by atoms with van der Waals surface area (Å²) >= 11 is 0. The van der Waals surface area contributed by atoms with Crippen molar-refractivity contribution in [2.24, 2.45) is 0 Å². The number of carbonyl (C=O) groups excluding carboxylic acids is 2. The highest BCUT2D eigenvalue weighted by Crippen LogP contribution is 2.17. The molecule has 25 heavy (non-hydrogen) atoms. The highest BCUT2D eigenvalue weighted by Gasteiger charge is 2.17. The summed E-state index contributed by atoms with van der Waals surface area (Å²) in [5.41, 5.74) is 1.43. The second kappa shape index (κ2) is 8.33. The van der Waals surface area contributed by atoms with Crippen molar-refractivity contribution in [1.29, 1.82) is 0 Å². The van der Waals surface area contributed by atoms with E-state index in [1.807, 2.05) is 44.2 Å². The van der Waals surface area contributed by atoms with E-state index in [9.17, 15) is 9.59 Å². The molecule has 0 fully saturated rings. The number of hydrogen-bond donors (Lipinski definition) is 0. The Labute approximate surface area is 147 Å². The molecule has 1 amide bonds. The first kappa shape index (κ1) is 18.5. The molecule has 0 unspecified atom stereocenters. The van der Waals surface area contributed by atoms with Crippen LogP contribution in [0.25, 0.3) is 6.08 Å². The molecule has 0 spiro atoms. The van der Waals surface area contributed by atoms with Crippen LogP contribution in [0.15, 0.2) is 46.9 Å². The van der Waals surface area contributed by atoms with Crippen LogP contribution in [0, 0.1) is 6.92 Å². The first-order chi connectivity index (χ1) is 11.9. The summed E-state index contributed by atoms with van der Waals surface area (Å²) in [5.74, 6) is 0.325. The zero-order valence-electron chi connectivity index (χ0n) is 15.0. The monoisotopic (exact) mass is 341 g/mol.